The van der Waals surface area contributed by atoms with Gasteiger partial charge >= 0.3 is 0 Å². The summed E-state index contributed by atoms with van der Waals surface area (Å²) in [5, 5.41) is 2.90. The van der Waals surface area contributed by atoms with Crippen LogP contribution in [0.3, 0.4) is 0 Å². The maximum absolute atomic E-state index is 12.4. The average molecular weight is 424 g/mol. The molecule has 0 atom stereocenters. The SMILES string of the molecule is CN(CCCNC(=O)c1ccc(NS(=O)(=O)c2ccccc2)cc1)c1ccccc1. The molecule has 0 radical (unpaired) electrons. The minimum Gasteiger partial charge on any atom is -0.375 e. The van der Waals surface area contributed by atoms with Crippen molar-refractivity contribution in [1.29, 1.82) is 0 Å². The standard InChI is InChI=1S/C23H25N3O3S/c1-26(21-9-4-2-5-10-21)18-8-17-24-23(27)19-13-15-20(16-14-19)25-30(28,29)22-11-6-3-7-12-22/h2-7,9-16,25H,8,17-18H2,1H3,(H,24,27). The first kappa shape index (κ1) is 21.4. The second-order valence-corrected chi connectivity index (χ2v) is 8.54. The molecule has 0 saturated carbocycles. The Kier molecular flexibility index (Phi) is 7.08. The summed E-state index contributed by atoms with van der Waals surface area (Å²) in [5.41, 5.74) is 2.02. The van der Waals surface area contributed by atoms with Crippen molar-refractivity contribution in [2.75, 3.05) is 29.8 Å². The third-order valence-corrected chi connectivity index (χ3v) is 6.00. The molecule has 156 valence electrons. The third-order valence-electron chi connectivity index (χ3n) is 4.61. The van der Waals surface area contributed by atoms with Gasteiger partial charge in [-0.1, -0.05) is 36.4 Å². The first-order valence-corrected chi connectivity index (χ1v) is 11.2. The Morgan fingerprint density at radius 2 is 1.47 bits per heavy atom. The lowest BCUT2D eigenvalue weighted by atomic mass is 10.2. The number of nitrogens with zero attached hydrogens (tertiary/aromatic N) is 1. The molecule has 6 nitrogen and oxygen atoms in total. The number of sulfonamides is 1. The van der Waals surface area contributed by atoms with Crippen LogP contribution in [0.1, 0.15) is 16.8 Å². The Labute approximate surface area is 177 Å². The molecule has 0 aliphatic rings. The number of carbonyl (C=O) groups is 1. The molecule has 0 unspecified atom stereocenters. The molecule has 3 aromatic carbocycles. The molecule has 0 spiro atoms. The molecular formula is C23H25N3O3S. The normalized spacial score (nSPS) is 11.0. The number of hydrogen-bond donors (Lipinski definition) is 2. The summed E-state index contributed by atoms with van der Waals surface area (Å²) in [5.74, 6) is -0.185. The topological polar surface area (TPSA) is 78.5 Å². The number of hydrogen-bond acceptors (Lipinski definition) is 4. The van der Waals surface area contributed by atoms with E-state index in [0.717, 1.165) is 18.7 Å². The van der Waals surface area contributed by atoms with Gasteiger partial charge < -0.3 is 10.2 Å². The van der Waals surface area contributed by atoms with Crippen molar-refractivity contribution in [2.45, 2.75) is 11.3 Å². The van der Waals surface area contributed by atoms with Crippen molar-refractivity contribution >= 4 is 27.3 Å². The van der Waals surface area contributed by atoms with Crippen LogP contribution >= 0.6 is 0 Å². The van der Waals surface area contributed by atoms with Gasteiger partial charge in [0.1, 0.15) is 0 Å². The molecule has 0 aliphatic heterocycles. The lowest BCUT2D eigenvalue weighted by Crippen LogP contribution is -2.28. The maximum Gasteiger partial charge on any atom is 0.261 e. The molecule has 7 heteroatoms. The number of benzene rings is 3. The molecule has 0 aromatic heterocycles. The average Bonchev–Trinajstić information content (AvgIpc) is 2.78. The van der Waals surface area contributed by atoms with Crippen molar-refractivity contribution < 1.29 is 13.2 Å². The van der Waals surface area contributed by atoms with Gasteiger partial charge in [-0.05, 0) is 55.0 Å². The Morgan fingerprint density at radius 3 is 2.10 bits per heavy atom. The van der Waals surface area contributed by atoms with E-state index in [0.29, 0.717) is 17.8 Å². The van der Waals surface area contributed by atoms with E-state index in [4.69, 9.17) is 0 Å². The van der Waals surface area contributed by atoms with Crippen molar-refractivity contribution in [3.8, 4) is 0 Å². The van der Waals surface area contributed by atoms with E-state index in [1.807, 2.05) is 37.4 Å². The van der Waals surface area contributed by atoms with Gasteiger partial charge in [-0.15, -0.1) is 0 Å². The summed E-state index contributed by atoms with van der Waals surface area (Å²) >= 11 is 0. The first-order chi connectivity index (χ1) is 14.5. The van der Waals surface area contributed by atoms with E-state index in [1.165, 1.54) is 12.1 Å². The fraction of sp³-hybridized carbons (Fsp3) is 0.174. The summed E-state index contributed by atoms with van der Waals surface area (Å²) in [6.45, 7) is 1.38. The summed E-state index contributed by atoms with van der Waals surface area (Å²) in [6, 6.07) is 24.6. The van der Waals surface area contributed by atoms with Crippen LogP contribution in [0.5, 0.6) is 0 Å². The zero-order chi connectivity index (χ0) is 21.4. The molecule has 0 bridgehead atoms. The van der Waals surface area contributed by atoms with E-state index in [1.54, 1.807) is 42.5 Å². The lowest BCUT2D eigenvalue weighted by Gasteiger charge is -2.19. The summed E-state index contributed by atoms with van der Waals surface area (Å²) in [7, 11) is -1.63. The molecule has 1 amide bonds. The molecule has 3 rings (SSSR count). The van der Waals surface area contributed by atoms with Crippen LogP contribution in [0.2, 0.25) is 0 Å². The van der Waals surface area contributed by atoms with Gasteiger partial charge in [0.25, 0.3) is 15.9 Å². The Hall–Kier alpha value is -3.32. The molecule has 0 aliphatic carbocycles. The Morgan fingerprint density at radius 1 is 0.867 bits per heavy atom. The van der Waals surface area contributed by atoms with Crippen molar-refractivity contribution in [2.24, 2.45) is 0 Å². The Balaban J connectivity index is 1.48. The smallest absolute Gasteiger partial charge is 0.261 e. The van der Waals surface area contributed by atoms with Gasteiger partial charge in [-0.3, -0.25) is 9.52 Å². The van der Waals surface area contributed by atoms with E-state index >= 15 is 0 Å². The van der Waals surface area contributed by atoms with Gasteiger partial charge in [-0.25, -0.2) is 8.42 Å². The minimum atomic E-state index is -3.65. The van der Waals surface area contributed by atoms with Crippen LogP contribution in [-0.4, -0.2) is 34.5 Å². The predicted molar refractivity (Wildman–Crippen MR) is 120 cm³/mol. The molecule has 0 saturated heterocycles. The highest BCUT2D eigenvalue weighted by Crippen LogP contribution is 2.16. The van der Waals surface area contributed by atoms with Gasteiger partial charge in [0.15, 0.2) is 0 Å². The van der Waals surface area contributed by atoms with Crippen molar-refractivity contribution in [3.05, 3.63) is 90.5 Å². The largest absolute Gasteiger partial charge is 0.375 e. The van der Waals surface area contributed by atoms with Gasteiger partial charge in [-0.2, -0.15) is 0 Å². The number of rotatable bonds is 9. The fourth-order valence-corrected chi connectivity index (χ4v) is 4.01. The van der Waals surface area contributed by atoms with E-state index in [2.05, 4.69) is 14.9 Å². The van der Waals surface area contributed by atoms with Crippen LogP contribution < -0.4 is 14.9 Å². The number of nitrogens with one attached hydrogen (secondary N) is 2. The highest BCUT2D eigenvalue weighted by atomic mass is 32.2. The second-order valence-electron chi connectivity index (χ2n) is 6.86. The van der Waals surface area contributed by atoms with Crippen LogP contribution in [0.15, 0.2) is 89.8 Å². The molecule has 0 heterocycles. The van der Waals surface area contributed by atoms with E-state index in [9.17, 15) is 13.2 Å². The van der Waals surface area contributed by atoms with E-state index in [-0.39, 0.29) is 10.8 Å². The van der Waals surface area contributed by atoms with Crippen LogP contribution in [0, 0.1) is 0 Å². The zero-order valence-corrected chi connectivity index (χ0v) is 17.6. The van der Waals surface area contributed by atoms with Crippen LogP contribution in [0.25, 0.3) is 0 Å². The molecular weight excluding hydrogens is 398 g/mol. The van der Waals surface area contributed by atoms with Crippen molar-refractivity contribution in [1.82, 2.24) is 5.32 Å². The van der Waals surface area contributed by atoms with E-state index < -0.39 is 10.0 Å². The predicted octanol–water partition coefficient (Wildman–Crippen LogP) is 3.74. The maximum atomic E-state index is 12.4. The van der Waals surface area contributed by atoms with Gasteiger partial charge in [0.2, 0.25) is 0 Å². The van der Waals surface area contributed by atoms with Crippen LogP contribution in [-0.2, 0) is 10.0 Å². The number of carbonyl (C=O) groups excluding carboxylic acids is 1. The van der Waals surface area contributed by atoms with Crippen molar-refractivity contribution in [3.63, 3.8) is 0 Å². The lowest BCUT2D eigenvalue weighted by molar-refractivity contribution is 0.0953. The van der Waals surface area contributed by atoms with Gasteiger partial charge in [0, 0.05) is 37.1 Å². The second kappa shape index (κ2) is 9.93. The first-order valence-electron chi connectivity index (χ1n) is 9.68. The number of amides is 1. The zero-order valence-electron chi connectivity index (χ0n) is 16.8. The molecule has 30 heavy (non-hydrogen) atoms. The summed E-state index contributed by atoms with van der Waals surface area (Å²) < 4.78 is 27.2. The Bertz CT molecular complexity index is 1050. The third kappa shape index (κ3) is 5.84. The number of para-hydroxylation sites is 1. The fourth-order valence-electron chi connectivity index (χ4n) is 2.94. The summed E-state index contributed by atoms with van der Waals surface area (Å²) in [6.07, 6.45) is 0.812. The monoisotopic (exact) mass is 423 g/mol. The number of anilines is 2. The molecule has 0 fully saturated rings. The van der Waals surface area contributed by atoms with Gasteiger partial charge in [0.05, 0.1) is 4.90 Å². The highest BCUT2D eigenvalue weighted by molar-refractivity contribution is 7.92. The summed E-state index contributed by atoms with van der Waals surface area (Å²) in [4.78, 5) is 14.6. The highest BCUT2D eigenvalue weighted by Gasteiger charge is 2.13. The quantitative estimate of drug-likeness (QED) is 0.514. The van der Waals surface area contributed by atoms with Crippen LogP contribution in [0.4, 0.5) is 11.4 Å². The molecule has 3 aromatic rings. The minimum absolute atomic E-state index is 0.185. The molecule has 2 N–H and O–H groups in total.